The molecule has 0 saturated carbocycles. The van der Waals surface area contributed by atoms with Gasteiger partial charge in [0.25, 0.3) is 0 Å². The van der Waals surface area contributed by atoms with Crippen molar-refractivity contribution in [1.29, 1.82) is 0 Å². The zero-order valence-corrected chi connectivity index (χ0v) is 17.1. The molecule has 0 radical (unpaired) electrons. The molecule has 0 spiro atoms. The van der Waals surface area contributed by atoms with Crippen molar-refractivity contribution < 1.29 is 14.2 Å². The van der Waals surface area contributed by atoms with Crippen molar-refractivity contribution in [3.63, 3.8) is 0 Å². The minimum absolute atomic E-state index is 0.556. The van der Waals surface area contributed by atoms with E-state index < -0.39 is 0 Å². The van der Waals surface area contributed by atoms with E-state index in [2.05, 4.69) is 30.3 Å². The average molecular weight is 378 g/mol. The van der Waals surface area contributed by atoms with E-state index in [9.17, 15) is 0 Å². The first kappa shape index (κ1) is 21.5. The van der Waals surface area contributed by atoms with E-state index in [-0.39, 0.29) is 0 Å². The van der Waals surface area contributed by atoms with Crippen LogP contribution in [-0.4, -0.2) is 64.5 Å². The van der Waals surface area contributed by atoms with E-state index in [4.69, 9.17) is 19.2 Å². The molecule has 27 heavy (non-hydrogen) atoms. The van der Waals surface area contributed by atoms with Gasteiger partial charge in [0, 0.05) is 40.5 Å². The lowest BCUT2D eigenvalue weighted by molar-refractivity contribution is 0.0625. The van der Waals surface area contributed by atoms with Crippen LogP contribution in [-0.2, 0) is 16.0 Å². The van der Waals surface area contributed by atoms with Gasteiger partial charge in [-0.3, -0.25) is 0 Å². The van der Waals surface area contributed by atoms with E-state index in [0.29, 0.717) is 19.8 Å². The highest BCUT2D eigenvalue weighted by molar-refractivity contribution is 5.79. The number of nitrogens with zero attached hydrogens (tertiary/aromatic N) is 2. The van der Waals surface area contributed by atoms with Gasteiger partial charge in [0.15, 0.2) is 5.96 Å². The van der Waals surface area contributed by atoms with Crippen molar-refractivity contribution in [2.75, 3.05) is 53.7 Å². The molecule has 0 unspecified atom stereocenters. The first-order valence-corrected chi connectivity index (χ1v) is 10.0. The molecular weight excluding hydrogens is 342 g/mol. The fourth-order valence-corrected chi connectivity index (χ4v) is 3.13. The molecule has 1 aromatic carbocycles. The number of ether oxygens (including phenoxy) is 3. The second-order valence-corrected chi connectivity index (χ2v) is 6.92. The third-order valence-corrected chi connectivity index (χ3v) is 4.78. The molecule has 6 heteroatoms. The zero-order valence-electron chi connectivity index (χ0n) is 17.1. The summed E-state index contributed by atoms with van der Waals surface area (Å²) in [5, 5.41) is 3.40. The van der Waals surface area contributed by atoms with Crippen molar-refractivity contribution in [2.45, 2.75) is 32.7 Å². The molecule has 0 amide bonds. The first-order chi connectivity index (χ1) is 13.2. The molecule has 0 bridgehead atoms. The minimum atomic E-state index is 0.556. The van der Waals surface area contributed by atoms with E-state index in [1.54, 1.807) is 7.11 Å². The molecule has 1 heterocycles. The van der Waals surface area contributed by atoms with E-state index in [1.807, 2.05) is 18.2 Å². The number of hydrogen-bond donors (Lipinski definition) is 1. The molecule has 1 aliphatic heterocycles. The van der Waals surface area contributed by atoms with Gasteiger partial charge in [0.2, 0.25) is 0 Å². The summed E-state index contributed by atoms with van der Waals surface area (Å²) in [6.45, 7) is 7.57. The standard InChI is InChI=1S/C21H35N3O3/c1-4-22-21(24(2)11-8-18-9-12-26-13-10-18)23-17-19-6-5-7-20(16-19)27-15-14-25-3/h5-7,16,18H,4,8-15,17H2,1-3H3,(H,22,23). The van der Waals surface area contributed by atoms with Crippen LogP contribution in [0.5, 0.6) is 5.75 Å². The molecule has 1 aliphatic rings. The normalized spacial score (nSPS) is 15.6. The Morgan fingerprint density at radius 2 is 2.11 bits per heavy atom. The van der Waals surface area contributed by atoms with Crippen LogP contribution in [0.25, 0.3) is 0 Å². The Labute approximate surface area is 163 Å². The van der Waals surface area contributed by atoms with E-state index in [1.165, 1.54) is 19.3 Å². The Morgan fingerprint density at radius 1 is 1.30 bits per heavy atom. The highest BCUT2D eigenvalue weighted by Crippen LogP contribution is 2.18. The van der Waals surface area contributed by atoms with Crippen LogP contribution < -0.4 is 10.1 Å². The number of rotatable bonds is 10. The predicted molar refractivity (Wildman–Crippen MR) is 109 cm³/mol. The number of methoxy groups -OCH3 is 1. The summed E-state index contributed by atoms with van der Waals surface area (Å²) in [5.41, 5.74) is 1.14. The van der Waals surface area contributed by atoms with Gasteiger partial charge in [-0.25, -0.2) is 4.99 Å². The highest BCUT2D eigenvalue weighted by atomic mass is 16.5. The fourth-order valence-electron chi connectivity index (χ4n) is 3.13. The van der Waals surface area contributed by atoms with Gasteiger partial charge in [-0.2, -0.15) is 0 Å². The SMILES string of the molecule is CCNC(=NCc1cccc(OCCOC)c1)N(C)CCC1CCOCC1. The third kappa shape index (κ3) is 8.18. The lowest BCUT2D eigenvalue weighted by Crippen LogP contribution is -2.40. The van der Waals surface area contributed by atoms with Crippen molar-refractivity contribution in [3.05, 3.63) is 29.8 Å². The van der Waals surface area contributed by atoms with Crippen LogP contribution in [0.15, 0.2) is 29.3 Å². The molecule has 0 atom stereocenters. The second-order valence-electron chi connectivity index (χ2n) is 6.92. The molecule has 1 fully saturated rings. The summed E-state index contributed by atoms with van der Waals surface area (Å²) >= 11 is 0. The van der Waals surface area contributed by atoms with Gasteiger partial charge >= 0.3 is 0 Å². The minimum Gasteiger partial charge on any atom is -0.491 e. The Bertz CT molecular complexity index is 559. The van der Waals surface area contributed by atoms with Crippen molar-refractivity contribution in [3.8, 4) is 5.75 Å². The number of aliphatic imine (C=N–C) groups is 1. The molecule has 6 nitrogen and oxygen atoms in total. The van der Waals surface area contributed by atoms with E-state index in [0.717, 1.165) is 49.5 Å². The maximum atomic E-state index is 5.68. The average Bonchev–Trinajstić information content (AvgIpc) is 2.70. The molecule has 152 valence electrons. The van der Waals surface area contributed by atoms with Gasteiger partial charge in [0.1, 0.15) is 12.4 Å². The molecule has 1 saturated heterocycles. The van der Waals surface area contributed by atoms with Crippen LogP contribution in [0.3, 0.4) is 0 Å². The van der Waals surface area contributed by atoms with Crippen molar-refractivity contribution in [2.24, 2.45) is 10.9 Å². The fraction of sp³-hybridized carbons (Fsp3) is 0.667. The first-order valence-electron chi connectivity index (χ1n) is 10.0. The molecule has 0 aromatic heterocycles. The van der Waals surface area contributed by atoms with Crippen LogP contribution in [0.2, 0.25) is 0 Å². The van der Waals surface area contributed by atoms with E-state index >= 15 is 0 Å². The Balaban J connectivity index is 1.88. The number of hydrogen-bond acceptors (Lipinski definition) is 4. The predicted octanol–water partition coefficient (Wildman–Crippen LogP) is 2.93. The van der Waals surface area contributed by atoms with Gasteiger partial charge in [-0.05, 0) is 49.8 Å². The summed E-state index contributed by atoms with van der Waals surface area (Å²) in [7, 11) is 3.79. The van der Waals surface area contributed by atoms with Crippen LogP contribution in [0, 0.1) is 5.92 Å². The monoisotopic (exact) mass is 377 g/mol. The summed E-state index contributed by atoms with van der Waals surface area (Å²) < 4.78 is 16.2. The third-order valence-electron chi connectivity index (χ3n) is 4.78. The van der Waals surface area contributed by atoms with Crippen LogP contribution in [0.4, 0.5) is 0 Å². The van der Waals surface area contributed by atoms with Gasteiger partial charge in [0.05, 0.1) is 13.2 Å². The quantitative estimate of drug-likeness (QED) is 0.386. The van der Waals surface area contributed by atoms with Crippen LogP contribution in [0.1, 0.15) is 31.7 Å². The second kappa shape index (κ2) is 12.6. The van der Waals surface area contributed by atoms with Gasteiger partial charge < -0.3 is 24.4 Å². The molecular formula is C21H35N3O3. The molecule has 0 aliphatic carbocycles. The number of benzene rings is 1. The maximum absolute atomic E-state index is 5.68. The molecule has 1 aromatic rings. The Hall–Kier alpha value is -1.79. The van der Waals surface area contributed by atoms with Gasteiger partial charge in [-0.1, -0.05) is 12.1 Å². The summed E-state index contributed by atoms with van der Waals surface area (Å²) in [5.74, 6) is 2.58. The lowest BCUT2D eigenvalue weighted by atomic mass is 9.96. The summed E-state index contributed by atoms with van der Waals surface area (Å²) in [6.07, 6.45) is 3.54. The zero-order chi connectivity index (χ0) is 19.3. The topological polar surface area (TPSA) is 55.3 Å². The highest BCUT2D eigenvalue weighted by Gasteiger charge is 2.15. The molecule has 2 rings (SSSR count). The Morgan fingerprint density at radius 3 is 2.85 bits per heavy atom. The molecule has 1 N–H and O–H groups in total. The summed E-state index contributed by atoms with van der Waals surface area (Å²) in [6, 6.07) is 8.10. The lowest BCUT2D eigenvalue weighted by Gasteiger charge is -2.26. The number of guanidine groups is 1. The van der Waals surface area contributed by atoms with Crippen molar-refractivity contribution in [1.82, 2.24) is 10.2 Å². The maximum Gasteiger partial charge on any atom is 0.193 e. The van der Waals surface area contributed by atoms with Gasteiger partial charge in [-0.15, -0.1) is 0 Å². The Kier molecular flexibility index (Phi) is 10.0. The number of nitrogens with one attached hydrogen (secondary N) is 1. The van der Waals surface area contributed by atoms with Crippen molar-refractivity contribution >= 4 is 5.96 Å². The smallest absolute Gasteiger partial charge is 0.193 e. The van der Waals surface area contributed by atoms with Crippen LogP contribution >= 0.6 is 0 Å². The summed E-state index contributed by atoms with van der Waals surface area (Å²) in [4.78, 5) is 7.05. The largest absolute Gasteiger partial charge is 0.491 e.